The summed E-state index contributed by atoms with van der Waals surface area (Å²) in [5, 5.41) is 3.63. The Hall–Kier alpha value is -3.28. The topological polar surface area (TPSA) is 77.8 Å². The van der Waals surface area contributed by atoms with Crippen LogP contribution in [0.4, 0.5) is 0 Å². The van der Waals surface area contributed by atoms with Gasteiger partial charge in [-0.15, -0.1) is 0 Å². The highest BCUT2D eigenvalue weighted by Crippen LogP contribution is 2.36. The molecule has 3 aromatic rings. The number of carbonyl (C=O) groups is 1. The molecular formula is C22H23NO5. The van der Waals surface area contributed by atoms with Gasteiger partial charge in [0, 0.05) is 5.39 Å². The van der Waals surface area contributed by atoms with Crippen LogP contribution in [0.25, 0.3) is 11.0 Å². The second-order valence-corrected chi connectivity index (χ2v) is 6.55. The van der Waals surface area contributed by atoms with Crippen molar-refractivity contribution in [2.75, 3.05) is 14.2 Å². The normalized spacial score (nSPS) is 11.9. The van der Waals surface area contributed by atoms with Crippen LogP contribution in [0, 0.1) is 6.92 Å². The van der Waals surface area contributed by atoms with E-state index in [9.17, 15) is 9.59 Å². The maximum atomic E-state index is 12.6. The molecule has 0 aliphatic carbocycles. The first-order chi connectivity index (χ1) is 13.5. The molecule has 1 heterocycles. The van der Waals surface area contributed by atoms with Crippen LogP contribution in [0.2, 0.25) is 0 Å². The van der Waals surface area contributed by atoms with E-state index in [1.54, 1.807) is 19.1 Å². The summed E-state index contributed by atoms with van der Waals surface area (Å²) in [6.45, 7) is 3.70. The Kier molecular flexibility index (Phi) is 5.68. The van der Waals surface area contributed by atoms with Gasteiger partial charge in [0.05, 0.1) is 32.2 Å². The smallest absolute Gasteiger partial charge is 0.340 e. The fraction of sp³-hybridized carbons (Fsp3) is 0.273. The minimum Gasteiger partial charge on any atom is -0.493 e. The molecular weight excluding hydrogens is 358 g/mol. The Bertz CT molecular complexity index is 1060. The third-order valence-corrected chi connectivity index (χ3v) is 4.81. The molecule has 0 saturated carbocycles. The van der Waals surface area contributed by atoms with Crippen molar-refractivity contribution < 1.29 is 18.7 Å². The van der Waals surface area contributed by atoms with Crippen LogP contribution in [0.3, 0.4) is 0 Å². The molecule has 0 saturated heterocycles. The van der Waals surface area contributed by atoms with Crippen LogP contribution < -0.4 is 20.4 Å². The van der Waals surface area contributed by atoms with Gasteiger partial charge in [-0.1, -0.05) is 30.3 Å². The van der Waals surface area contributed by atoms with E-state index in [1.807, 2.05) is 37.3 Å². The lowest BCUT2D eigenvalue weighted by Gasteiger charge is -2.15. The number of ether oxygens (including phenoxy) is 2. The zero-order valence-electron chi connectivity index (χ0n) is 16.4. The summed E-state index contributed by atoms with van der Waals surface area (Å²) < 4.78 is 16.1. The van der Waals surface area contributed by atoms with Gasteiger partial charge in [0.1, 0.15) is 0 Å². The second kappa shape index (κ2) is 8.17. The summed E-state index contributed by atoms with van der Waals surface area (Å²) in [6, 6.07) is 13.0. The molecule has 2 aromatic carbocycles. The first-order valence-electron chi connectivity index (χ1n) is 8.97. The van der Waals surface area contributed by atoms with Gasteiger partial charge in [-0.3, -0.25) is 4.79 Å². The molecule has 0 spiro atoms. The van der Waals surface area contributed by atoms with Gasteiger partial charge in [-0.2, -0.15) is 0 Å². The molecule has 28 heavy (non-hydrogen) atoms. The summed E-state index contributed by atoms with van der Waals surface area (Å²) >= 11 is 0. The van der Waals surface area contributed by atoms with E-state index in [0.717, 1.165) is 5.56 Å². The van der Waals surface area contributed by atoms with Crippen molar-refractivity contribution in [3.05, 3.63) is 69.6 Å². The van der Waals surface area contributed by atoms with Gasteiger partial charge in [0.25, 0.3) is 0 Å². The zero-order valence-corrected chi connectivity index (χ0v) is 16.4. The van der Waals surface area contributed by atoms with E-state index < -0.39 is 5.63 Å². The first-order valence-corrected chi connectivity index (χ1v) is 8.97. The van der Waals surface area contributed by atoms with E-state index in [4.69, 9.17) is 13.9 Å². The monoisotopic (exact) mass is 381 g/mol. The van der Waals surface area contributed by atoms with Crippen LogP contribution in [0.1, 0.15) is 29.7 Å². The predicted octanol–water partition coefficient (Wildman–Crippen LogP) is 3.54. The van der Waals surface area contributed by atoms with E-state index in [1.165, 1.54) is 14.2 Å². The molecule has 0 unspecified atom stereocenters. The number of carbonyl (C=O) groups excluding carboxylic acids is 1. The molecule has 1 aromatic heterocycles. The highest BCUT2D eigenvalue weighted by molar-refractivity contribution is 5.89. The van der Waals surface area contributed by atoms with E-state index >= 15 is 0 Å². The van der Waals surface area contributed by atoms with Gasteiger partial charge in [0.2, 0.25) is 11.7 Å². The first kappa shape index (κ1) is 19.5. The Morgan fingerprint density at radius 1 is 1.11 bits per heavy atom. The molecule has 1 atom stereocenters. The maximum absolute atomic E-state index is 12.6. The molecule has 3 rings (SSSR count). The number of fused-ring (bicyclic) bond motifs is 1. The molecule has 1 amide bonds. The third kappa shape index (κ3) is 3.71. The molecule has 1 N–H and O–H groups in total. The summed E-state index contributed by atoms with van der Waals surface area (Å²) in [5.41, 5.74) is 1.77. The Morgan fingerprint density at radius 2 is 1.82 bits per heavy atom. The van der Waals surface area contributed by atoms with Crippen molar-refractivity contribution in [1.82, 2.24) is 5.32 Å². The van der Waals surface area contributed by atoms with Crippen LogP contribution in [0.15, 0.2) is 51.7 Å². The molecule has 146 valence electrons. The second-order valence-electron chi connectivity index (χ2n) is 6.55. The van der Waals surface area contributed by atoms with Gasteiger partial charge in [-0.05, 0) is 37.1 Å². The lowest BCUT2D eigenvalue weighted by molar-refractivity contribution is -0.121. The van der Waals surface area contributed by atoms with Crippen molar-refractivity contribution >= 4 is 16.9 Å². The van der Waals surface area contributed by atoms with Crippen molar-refractivity contribution in [1.29, 1.82) is 0 Å². The van der Waals surface area contributed by atoms with Gasteiger partial charge in [0.15, 0.2) is 11.3 Å². The van der Waals surface area contributed by atoms with Gasteiger partial charge < -0.3 is 19.2 Å². The number of aryl methyl sites for hydroxylation is 1. The summed E-state index contributed by atoms with van der Waals surface area (Å²) in [4.78, 5) is 25.1. The number of rotatable bonds is 6. The number of benzene rings is 2. The molecule has 6 nitrogen and oxygen atoms in total. The quantitative estimate of drug-likeness (QED) is 0.661. The summed E-state index contributed by atoms with van der Waals surface area (Å²) in [6.07, 6.45) is -0.0599. The van der Waals surface area contributed by atoms with E-state index in [-0.39, 0.29) is 18.4 Å². The van der Waals surface area contributed by atoms with Crippen LogP contribution in [-0.4, -0.2) is 20.1 Å². The standard InChI is InChI=1S/C22H23NO5/c1-13-16-10-11-18(26-3)21(27-4)20(16)28-22(25)17(13)12-19(24)23-14(2)15-8-6-5-7-9-15/h5-11,14H,12H2,1-4H3,(H,23,24)/t14-/m1/s1. The summed E-state index contributed by atoms with van der Waals surface area (Å²) in [7, 11) is 3.00. The number of methoxy groups -OCH3 is 2. The molecule has 0 bridgehead atoms. The Balaban J connectivity index is 1.91. The highest BCUT2D eigenvalue weighted by atomic mass is 16.5. The van der Waals surface area contributed by atoms with Crippen LogP contribution in [-0.2, 0) is 11.2 Å². The van der Waals surface area contributed by atoms with Gasteiger partial charge in [-0.25, -0.2) is 4.79 Å². The maximum Gasteiger partial charge on any atom is 0.340 e. The van der Waals surface area contributed by atoms with E-state index in [2.05, 4.69) is 5.32 Å². The molecule has 6 heteroatoms. The zero-order chi connectivity index (χ0) is 20.3. The molecule has 0 radical (unpaired) electrons. The number of hydrogen-bond acceptors (Lipinski definition) is 5. The van der Waals surface area contributed by atoms with Crippen LogP contribution in [0.5, 0.6) is 11.5 Å². The fourth-order valence-electron chi connectivity index (χ4n) is 3.25. The molecule has 0 aliphatic rings. The van der Waals surface area contributed by atoms with Crippen molar-refractivity contribution in [2.24, 2.45) is 0 Å². The average Bonchev–Trinajstić information content (AvgIpc) is 2.70. The number of hydrogen-bond donors (Lipinski definition) is 1. The predicted molar refractivity (Wildman–Crippen MR) is 107 cm³/mol. The highest BCUT2D eigenvalue weighted by Gasteiger charge is 2.20. The lowest BCUT2D eigenvalue weighted by atomic mass is 10.0. The van der Waals surface area contributed by atoms with E-state index in [0.29, 0.717) is 33.6 Å². The van der Waals surface area contributed by atoms with Crippen molar-refractivity contribution in [3.8, 4) is 11.5 Å². The average molecular weight is 381 g/mol. The minimum atomic E-state index is -0.556. The van der Waals surface area contributed by atoms with Crippen molar-refractivity contribution in [2.45, 2.75) is 26.3 Å². The third-order valence-electron chi connectivity index (χ3n) is 4.81. The Labute approximate surface area is 163 Å². The van der Waals surface area contributed by atoms with Crippen molar-refractivity contribution in [3.63, 3.8) is 0 Å². The minimum absolute atomic E-state index is 0.0599. The SMILES string of the molecule is COc1ccc2c(C)c(CC(=O)N[C@H](C)c3ccccc3)c(=O)oc2c1OC. The van der Waals surface area contributed by atoms with Gasteiger partial charge >= 0.3 is 5.63 Å². The fourth-order valence-corrected chi connectivity index (χ4v) is 3.25. The Morgan fingerprint density at radius 3 is 2.46 bits per heavy atom. The largest absolute Gasteiger partial charge is 0.493 e. The number of nitrogens with one attached hydrogen (secondary N) is 1. The molecule has 0 aliphatic heterocycles. The lowest BCUT2D eigenvalue weighted by Crippen LogP contribution is -2.30. The molecule has 0 fully saturated rings. The number of amides is 1. The van der Waals surface area contributed by atoms with Crippen LogP contribution >= 0.6 is 0 Å². The summed E-state index contributed by atoms with van der Waals surface area (Å²) in [5.74, 6) is 0.584.